The summed E-state index contributed by atoms with van der Waals surface area (Å²) in [7, 11) is 1.89. The Bertz CT molecular complexity index is 907. The number of anilines is 1. The second kappa shape index (κ2) is 15.9. The topological polar surface area (TPSA) is 172 Å². The van der Waals surface area contributed by atoms with Crippen LogP contribution in [0.1, 0.15) is 5.56 Å². The van der Waals surface area contributed by atoms with Crippen molar-refractivity contribution in [2.75, 3.05) is 57.6 Å². The molecule has 36 heavy (non-hydrogen) atoms. The largest absolute Gasteiger partial charge is 0.408 e. The number of ether oxygens (including phenoxy) is 2. The van der Waals surface area contributed by atoms with E-state index in [9.17, 15) is 20.4 Å². The molecule has 0 saturated heterocycles. The van der Waals surface area contributed by atoms with Crippen molar-refractivity contribution in [2.24, 2.45) is 17.3 Å². The lowest BCUT2D eigenvalue weighted by Gasteiger charge is -2.30. The van der Waals surface area contributed by atoms with Crippen LogP contribution >= 0.6 is 11.3 Å². The lowest BCUT2D eigenvalue weighted by molar-refractivity contribution is -0.654. The van der Waals surface area contributed by atoms with Gasteiger partial charge in [0.05, 0.1) is 64.0 Å². The fraction of sp³-hybridized carbons (Fsp3) is 0.609. The van der Waals surface area contributed by atoms with Crippen molar-refractivity contribution in [1.82, 2.24) is 0 Å². The third-order valence-electron chi connectivity index (χ3n) is 5.07. The first-order valence-electron chi connectivity index (χ1n) is 11.5. The maximum Gasteiger partial charge on any atom is 0.408 e. The summed E-state index contributed by atoms with van der Waals surface area (Å²) in [6.07, 6.45) is -2.05. The van der Waals surface area contributed by atoms with E-state index in [0.717, 1.165) is 16.4 Å². The summed E-state index contributed by atoms with van der Waals surface area (Å²) in [5, 5.41) is 68.8. The predicted octanol–water partition coefficient (Wildman–Crippen LogP) is -0.436. The first-order valence-corrected chi connectivity index (χ1v) is 12.4. The first-order chi connectivity index (χ1) is 17.2. The van der Waals surface area contributed by atoms with E-state index < -0.39 is 37.6 Å². The van der Waals surface area contributed by atoms with Crippen LogP contribution in [0, 0.1) is 6.92 Å². The van der Waals surface area contributed by atoms with Gasteiger partial charge in [0.2, 0.25) is 0 Å². The third-order valence-corrected chi connectivity index (χ3v) is 5.91. The van der Waals surface area contributed by atoms with Crippen molar-refractivity contribution in [3.63, 3.8) is 0 Å². The van der Waals surface area contributed by atoms with Gasteiger partial charge in [0, 0.05) is 24.2 Å². The van der Waals surface area contributed by atoms with Gasteiger partial charge in [-0.15, -0.1) is 0 Å². The molecule has 1 heterocycles. The van der Waals surface area contributed by atoms with Gasteiger partial charge in [-0.05, 0) is 47.1 Å². The molecule has 0 saturated carbocycles. The van der Waals surface area contributed by atoms with Gasteiger partial charge in [-0.3, -0.25) is 0 Å². The number of hydrogen-bond donors (Lipinski definition) is 6. The summed E-state index contributed by atoms with van der Waals surface area (Å²) in [6.45, 7) is 0.845. The Balaban J connectivity index is 2.09. The van der Waals surface area contributed by atoms with Crippen molar-refractivity contribution >= 4 is 27.8 Å². The lowest BCUT2D eigenvalue weighted by atomic mass is 10.1. The normalized spacial score (nSPS) is 15.2. The zero-order chi connectivity index (χ0) is 26.5. The van der Waals surface area contributed by atoms with Crippen molar-refractivity contribution < 1.29 is 44.7 Å². The van der Waals surface area contributed by atoms with Crippen LogP contribution in [-0.4, -0.2) is 108 Å². The fourth-order valence-corrected chi connectivity index (χ4v) is 3.83. The third kappa shape index (κ3) is 10.5. The van der Waals surface area contributed by atoms with Crippen LogP contribution < -0.4 is 9.47 Å². The van der Waals surface area contributed by atoms with E-state index in [1.54, 1.807) is 11.0 Å². The number of aliphatic hydroxyl groups is 6. The highest BCUT2D eigenvalue weighted by Crippen LogP contribution is 2.27. The second-order valence-electron chi connectivity index (χ2n) is 8.43. The van der Waals surface area contributed by atoms with Crippen molar-refractivity contribution in [3.8, 4) is 0 Å². The number of hydrogen-bond acceptors (Lipinski definition) is 12. The Morgan fingerprint density at radius 2 is 1.44 bits per heavy atom. The Hall–Kier alpha value is -2.07. The monoisotopic (exact) mass is 529 g/mol. The van der Waals surface area contributed by atoms with Crippen LogP contribution in [0.25, 0.3) is 0 Å². The highest BCUT2D eigenvalue weighted by molar-refractivity contribution is 7.12. The van der Waals surface area contributed by atoms with Crippen LogP contribution in [0.3, 0.4) is 0 Å². The van der Waals surface area contributed by atoms with Gasteiger partial charge in [-0.2, -0.15) is 0 Å². The summed E-state index contributed by atoms with van der Waals surface area (Å²) >= 11 is 1.47. The molecule has 0 fully saturated rings. The van der Waals surface area contributed by atoms with E-state index in [1.807, 2.05) is 42.2 Å². The smallest absolute Gasteiger partial charge is 0.394 e. The van der Waals surface area contributed by atoms with E-state index in [2.05, 4.69) is 10.2 Å². The zero-order valence-electron chi connectivity index (χ0n) is 20.5. The van der Waals surface area contributed by atoms with Crippen molar-refractivity contribution in [1.29, 1.82) is 0 Å². The molecule has 12 nitrogen and oxygen atoms in total. The predicted molar refractivity (Wildman–Crippen MR) is 133 cm³/mol. The molecule has 0 spiro atoms. The number of aliphatic hydroxyl groups excluding tert-OH is 6. The number of rotatable bonds is 17. The van der Waals surface area contributed by atoms with Gasteiger partial charge >= 0.3 is 5.13 Å². The standard InChI is InChI=1S/C23H37N4O8S/c1-16-7-17(3-4-22(16)24-25-23-26(2)5-6-36-23)27(8-18(30)12-34-14-20(32)10-28)9-19(31)13-35-15-21(33)11-29/h3-7,18-21,28-33H,8-15H2,1-2H3/q+1. The molecule has 0 amide bonds. The second-order valence-corrected chi connectivity index (χ2v) is 9.30. The van der Waals surface area contributed by atoms with E-state index in [4.69, 9.17) is 19.7 Å². The maximum atomic E-state index is 10.5. The molecule has 1 aromatic carbocycles. The number of nitrogens with zero attached hydrogens (tertiary/aromatic N) is 4. The van der Waals surface area contributed by atoms with Gasteiger partial charge < -0.3 is 45.0 Å². The van der Waals surface area contributed by atoms with Crippen LogP contribution in [0.2, 0.25) is 0 Å². The molecule has 2 aromatic rings. The van der Waals surface area contributed by atoms with Gasteiger partial charge in [0.25, 0.3) is 0 Å². The number of aryl methyl sites for hydroxylation is 2. The van der Waals surface area contributed by atoms with Crippen LogP contribution in [-0.2, 0) is 16.5 Å². The molecule has 6 N–H and O–H groups in total. The summed E-state index contributed by atoms with van der Waals surface area (Å²) in [5.41, 5.74) is 2.24. The van der Waals surface area contributed by atoms with Gasteiger partial charge in [-0.25, -0.2) is 4.57 Å². The molecule has 2 rings (SSSR count). The van der Waals surface area contributed by atoms with Gasteiger partial charge in [-0.1, -0.05) is 0 Å². The Morgan fingerprint density at radius 3 is 1.92 bits per heavy atom. The van der Waals surface area contributed by atoms with E-state index in [1.165, 1.54) is 11.3 Å². The lowest BCUT2D eigenvalue weighted by Crippen LogP contribution is -2.41. The first kappa shape index (κ1) is 30.2. The number of benzene rings is 1. The summed E-state index contributed by atoms with van der Waals surface area (Å²) in [6, 6.07) is 5.48. The van der Waals surface area contributed by atoms with Crippen molar-refractivity contribution in [3.05, 3.63) is 35.3 Å². The highest BCUT2D eigenvalue weighted by Gasteiger charge is 2.19. The number of azo groups is 1. The Labute approximate surface area is 214 Å². The molecule has 0 aliphatic carbocycles. The molecule has 202 valence electrons. The summed E-state index contributed by atoms with van der Waals surface area (Å²) in [5.74, 6) is 0. The van der Waals surface area contributed by atoms with Crippen molar-refractivity contribution in [2.45, 2.75) is 31.3 Å². The summed E-state index contributed by atoms with van der Waals surface area (Å²) in [4.78, 5) is 1.76. The minimum atomic E-state index is -1.03. The number of thiazole rings is 1. The molecular formula is C23H37N4O8S+. The average Bonchev–Trinajstić information content (AvgIpc) is 3.26. The molecular weight excluding hydrogens is 492 g/mol. The number of aromatic nitrogens is 1. The fourth-order valence-electron chi connectivity index (χ4n) is 3.15. The maximum absolute atomic E-state index is 10.5. The molecule has 4 atom stereocenters. The summed E-state index contributed by atoms with van der Waals surface area (Å²) < 4.78 is 12.4. The van der Waals surface area contributed by atoms with E-state index in [0.29, 0.717) is 5.69 Å². The molecule has 1 aromatic heterocycles. The molecule has 0 aliphatic heterocycles. The molecule has 0 bridgehead atoms. The van der Waals surface area contributed by atoms with Gasteiger partial charge in [0.1, 0.15) is 24.1 Å². The van der Waals surface area contributed by atoms with Gasteiger partial charge in [0.15, 0.2) is 0 Å². The SMILES string of the molecule is Cc1cc(N(CC(O)COCC(O)CO)CC(O)COCC(O)CO)ccc1N=Nc1scc[n+]1C. The van der Waals surface area contributed by atoms with E-state index in [-0.39, 0.29) is 39.5 Å². The van der Waals surface area contributed by atoms with E-state index >= 15 is 0 Å². The molecule has 0 radical (unpaired) electrons. The molecule has 13 heteroatoms. The quantitative estimate of drug-likeness (QED) is 0.117. The zero-order valence-corrected chi connectivity index (χ0v) is 21.4. The van der Waals surface area contributed by atoms with Crippen LogP contribution in [0.5, 0.6) is 0 Å². The Morgan fingerprint density at radius 1 is 0.889 bits per heavy atom. The average molecular weight is 530 g/mol. The van der Waals surface area contributed by atoms with Crippen LogP contribution in [0.4, 0.5) is 16.5 Å². The Kier molecular flexibility index (Phi) is 13.3. The minimum Gasteiger partial charge on any atom is -0.394 e. The molecule has 0 aliphatic rings. The molecule has 4 unspecified atom stereocenters. The minimum absolute atomic E-state index is 0.0774. The van der Waals surface area contributed by atoms with Crippen LogP contribution in [0.15, 0.2) is 40.0 Å². The highest BCUT2D eigenvalue weighted by atomic mass is 32.1.